The molecule has 0 radical (unpaired) electrons. The summed E-state index contributed by atoms with van der Waals surface area (Å²) in [6, 6.07) is 14.6. The van der Waals surface area contributed by atoms with Gasteiger partial charge >= 0.3 is 5.91 Å². The number of aliphatic hydroxyl groups excluding tert-OH is 1. The summed E-state index contributed by atoms with van der Waals surface area (Å²) >= 11 is 1.26. The molecule has 1 aliphatic heterocycles. The van der Waals surface area contributed by atoms with E-state index in [4.69, 9.17) is 9.47 Å². The Labute approximate surface area is 198 Å². The number of benzene rings is 2. The molecule has 1 aliphatic rings. The lowest BCUT2D eigenvalue weighted by Crippen LogP contribution is -2.29. The van der Waals surface area contributed by atoms with Crippen LogP contribution in [0.4, 0.5) is 5.13 Å². The standard InChI is InChI=1S/C25H19N3O5S/c1-32-16-7-5-14(6-8-16)22(29)20-21(15-4-3-11-26-13-15)28(24(31)23(20)30)25-27-18-10-9-17(33-2)12-19(18)34-25/h3-13,21,29H,1-2H3. The third-order valence-electron chi connectivity index (χ3n) is 5.60. The number of fused-ring (bicyclic) bond motifs is 1. The minimum atomic E-state index is -0.891. The van der Waals surface area contributed by atoms with Crippen molar-refractivity contribution < 1.29 is 24.2 Å². The van der Waals surface area contributed by atoms with Crippen molar-refractivity contribution in [2.24, 2.45) is 0 Å². The number of rotatable bonds is 5. The smallest absolute Gasteiger partial charge is 0.301 e. The van der Waals surface area contributed by atoms with Crippen LogP contribution < -0.4 is 14.4 Å². The van der Waals surface area contributed by atoms with Gasteiger partial charge in [0.2, 0.25) is 0 Å². The van der Waals surface area contributed by atoms with Crippen LogP contribution in [0.1, 0.15) is 17.2 Å². The zero-order valence-electron chi connectivity index (χ0n) is 18.3. The Hall–Kier alpha value is -4.24. The molecule has 0 spiro atoms. The number of amides is 1. The van der Waals surface area contributed by atoms with E-state index in [9.17, 15) is 14.7 Å². The van der Waals surface area contributed by atoms with Gasteiger partial charge in [-0.05, 0) is 54.1 Å². The van der Waals surface area contributed by atoms with Gasteiger partial charge in [-0.2, -0.15) is 0 Å². The van der Waals surface area contributed by atoms with Gasteiger partial charge in [-0.25, -0.2) is 4.98 Å². The van der Waals surface area contributed by atoms with Crippen molar-refractivity contribution in [1.82, 2.24) is 9.97 Å². The van der Waals surface area contributed by atoms with Crippen LogP contribution in [-0.4, -0.2) is 41.0 Å². The molecule has 1 N–H and O–H groups in total. The number of aliphatic hydroxyl groups is 1. The summed E-state index contributed by atoms with van der Waals surface area (Å²) in [5.74, 6) is -0.576. The first kappa shape index (κ1) is 21.6. The molecule has 0 saturated carbocycles. The second-order valence-corrected chi connectivity index (χ2v) is 8.52. The van der Waals surface area contributed by atoms with Crippen molar-refractivity contribution in [2.45, 2.75) is 6.04 Å². The molecule has 1 unspecified atom stereocenters. The number of anilines is 1. The monoisotopic (exact) mass is 473 g/mol. The van der Waals surface area contributed by atoms with E-state index in [0.29, 0.717) is 33.3 Å². The van der Waals surface area contributed by atoms with Crippen LogP contribution in [0.25, 0.3) is 16.0 Å². The SMILES string of the molecule is COc1ccc(C(O)=C2C(=O)C(=O)N(c3nc4ccc(OC)cc4s3)C2c2cccnc2)cc1. The van der Waals surface area contributed by atoms with Crippen LogP contribution in [0.5, 0.6) is 11.5 Å². The first-order chi connectivity index (χ1) is 16.5. The lowest BCUT2D eigenvalue weighted by Gasteiger charge is -2.22. The van der Waals surface area contributed by atoms with E-state index in [-0.39, 0.29) is 11.3 Å². The van der Waals surface area contributed by atoms with Gasteiger partial charge in [0.15, 0.2) is 5.13 Å². The van der Waals surface area contributed by atoms with Gasteiger partial charge in [-0.15, -0.1) is 0 Å². The molecule has 0 aliphatic carbocycles. The first-order valence-electron chi connectivity index (χ1n) is 10.3. The normalized spacial score (nSPS) is 17.4. The number of carbonyl (C=O) groups excluding carboxylic acids is 2. The second-order valence-electron chi connectivity index (χ2n) is 7.51. The number of methoxy groups -OCH3 is 2. The summed E-state index contributed by atoms with van der Waals surface area (Å²) in [6.45, 7) is 0. The van der Waals surface area contributed by atoms with E-state index >= 15 is 0 Å². The summed E-state index contributed by atoms with van der Waals surface area (Å²) in [5, 5.41) is 11.5. The lowest BCUT2D eigenvalue weighted by atomic mass is 9.96. The van der Waals surface area contributed by atoms with Crippen LogP contribution >= 0.6 is 11.3 Å². The summed E-state index contributed by atoms with van der Waals surface area (Å²) in [5.41, 5.74) is 1.61. The van der Waals surface area contributed by atoms with E-state index in [0.717, 1.165) is 4.70 Å². The maximum absolute atomic E-state index is 13.3. The Morgan fingerprint density at radius 1 is 1.03 bits per heavy atom. The van der Waals surface area contributed by atoms with Gasteiger partial charge in [0.25, 0.3) is 5.78 Å². The minimum absolute atomic E-state index is 0.0278. The number of Topliss-reactive ketones (excluding diaryl/α,β-unsaturated/α-hetero) is 1. The molecular formula is C25H19N3O5S. The summed E-state index contributed by atoms with van der Waals surface area (Å²) in [7, 11) is 3.11. The minimum Gasteiger partial charge on any atom is -0.507 e. The summed E-state index contributed by atoms with van der Waals surface area (Å²) in [4.78, 5) is 36.6. The highest BCUT2D eigenvalue weighted by Gasteiger charge is 2.48. The predicted molar refractivity (Wildman–Crippen MR) is 128 cm³/mol. The summed E-state index contributed by atoms with van der Waals surface area (Å²) < 4.78 is 11.3. The Kier molecular flexibility index (Phi) is 5.46. The quantitative estimate of drug-likeness (QED) is 0.261. The van der Waals surface area contributed by atoms with Crippen LogP contribution in [0.2, 0.25) is 0 Å². The maximum atomic E-state index is 13.3. The number of hydrogen-bond donors (Lipinski definition) is 1. The van der Waals surface area contributed by atoms with Gasteiger partial charge in [-0.1, -0.05) is 17.4 Å². The van der Waals surface area contributed by atoms with E-state index < -0.39 is 17.7 Å². The van der Waals surface area contributed by atoms with Gasteiger partial charge in [0, 0.05) is 18.0 Å². The van der Waals surface area contributed by atoms with Gasteiger partial charge in [0.05, 0.1) is 36.1 Å². The highest BCUT2D eigenvalue weighted by atomic mass is 32.1. The largest absolute Gasteiger partial charge is 0.507 e. The molecule has 9 heteroatoms. The molecule has 1 atom stereocenters. The first-order valence-corrected chi connectivity index (χ1v) is 11.1. The summed E-state index contributed by atoms with van der Waals surface area (Å²) in [6.07, 6.45) is 3.17. The zero-order chi connectivity index (χ0) is 23.8. The number of ether oxygens (including phenoxy) is 2. The maximum Gasteiger partial charge on any atom is 0.301 e. The molecular weight excluding hydrogens is 454 g/mol. The molecule has 34 heavy (non-hydrogen) atoms. The Morgan fingerprint density at radius 3 is 2.44 bits per heavy atom. The number of ketones is 1. The molecule has 2 aromatic carbocycles. The topological polar surface area (TPSA) is 102 Å². The molecule has 0 bridgehead atoms. The average molecular weight is 474 g/mol. The zero-order valence-corrected chi connectivity index (χ0v) is 19.1. The van der Waals surface area contributed by atoms with Gasteiger partial charge < -0.3 is 14.6 Å². The average Bonchev–Trinajstić information content (AvgIpc) is 3.41. The fourth-order valence-corrected chi connectivity index (χ4v) is 4.93. The fourth-order valence-electron chi connectivity index (χ4n) is 3.91. The molecule has 8 nitrogen and oxygen atoms in total. The van der Waals surface area contributed by atoms with Crippen molar-refractivity contribution in [3.05, 3.63) is 83.7 Å². The number of carbonyl (C=O) groups is 2. The highest BCUT2D eigenvalue weighted by Crippen LogP contribution is 2.44. The van der Waals surface area contributed by atoms with Crippen LogP contribution in [-0.2, 0) is 9.59 Å². The Morgan fingerprint density at radius 2 is 1.76 bits per heavy atom. The molecule has 2 aromatic heterocycles. The molecule has 1 fully saturated rings. The van der Waals surface area contributed by atoms with Crippen molar-refractivity contribution >= 4 is 44.1 Å². The Balaban J connectivity index is 1.69. The number of thiazole rings is 1. The lowest BCUT2D eigenvalue weighted by molar-refractivity contribution is -0.132. The van der Waals surface area contributed by atoms with Crippen LogP contribution in [0.3, 0.4) is 0 Å². The molecule has 3 heterocycles. The van der Waals surface area contributed by atoms with Crippen LogP contribution in [0, 0.1) is 0 Å². The fraction of sp³-hybridized carbons (Fsp3) is 0.120. The van der Waals surface area contributed by atoms with Gasteiger partial charge in [0.1, 0.15) is 17.3 Å². The van der Waals surface area contributed by atoms with E-state index in [1.165, 1.54) is 23.3 Å². The third kappa shape index (κ3) is 3.56. The predicted octanol–water partition coefficient (Wildman–Crippen LogP) is 4.33. The van der Waals surface area contributed by atoms with Crippen molar-refractivity contribution in [3.63, 3.8) is 0 Å². The van der Waals surface area contributed by atoms with E-state index in [1.807, 2.05) is 6.07 Å². The number of aromatic nitrogens is 2. The van der Waals surface area contributed by atoms with E-state index in [1.54, 1.807) is 68.0 Å². The molecule has 4 aromatic rings. The molecule has 170 valence electrons. The number of nitrogens with zero attached hydrogens (tertiary/aromatic N) is 3. The van der Waals surface area contributed by atoms with Crippen molar-refractivity contribution in [2.75, 3.05) is 19.1 Å². The second kappa shape index (κ2) is 8.60. The molecule has 1 amide bonds. The number of pyridine rings is 1. The number of hydrogen-bond acceptors (Lipinski definition) is 8. The van der Waals surface area contributed by atoms with Crippen molar-refractivity contribution in [1.29, 1.82) is 0 Å². The highest BCUT2D eigenvalue weighted by molar-refractivity contribution is 7.22. The Bertz CT molecular complexity index is 1430. The third-order valence-corrected chi connectivity index (χ3v) is 6.62. The van der Waals surface area contributed by atoms with E-state index in [2.05, 4.69) is 9.97 Å². The van der Waals surface area contributed by atoms with Crippen LogP contribution in [0.15, 0.2) is 72.6 Å². The van der Waals surface area contributed by atoms with Gasteiger partial charge in [-0.3, -0.25) is 19.5 Å². The van der Waals surface area contributed by atoms with Crippen molar-refractivity contribution in [3.8, 4) is 11.5 Å². The molecule has 1 saturated heterocycles. The molecule has 5 rings (SSSR count).